The third kappa shape index (κ3) is 3.75. The molecule has 3 N–H and O–H groups in total. The van der Waals surface area contributed by atoms with E-state index in [-0.39, 0.29) is 0 Å². The molecule has 0 aliphatic rings. The van der Waals surface area contributed by atoms with Gasteiger partial charge in [-0.05, 0) is 17.7 Å². The fourth-order valence-electron chi connectivity index (χ4n) is 2.58. The Morgan fingerprint density at radius 1 is 0.913 bits per heavy atom. The van der Waals surface area contributed by atoms with Crippen LogP contribution in [0.15, 0.2) is 42.5 Å². The van der Waals surface area contributed by atoms with Crippen molar-refractivity contribution in [2.24, 2.45) is 5.73 Å². The molecule has 0 amide bonds. The van der Waals surface area contributed by atoms with E-state index in [9.17, 15) is 5.11 Å². The van der Waals surface area contributed by atoms with Crippen molar-refractivity contribution < 1.29 is 19.3 Å². The van der Waals surface area contributed by atoms with Crippen LogP contribution in [-0.4, -0.2) is 32.5 Å². The average molecular weight is 317 g/mol. The van der Waals surface area contributed by atoms with Gasteiger partial charge < -0.3 is 25.1 Å². The van der Waals surface area contributed by atoms with Crippen LogP contribution in [0.3, 0.4) is 0 Å². The number of rotatable bonds is 7. The van der Waals surface area contributed by atoms with Gasteiger partial charge in [0.05, 0.1) is 33.5 Å². The second-order valence-corrected chi connectivity index (χ2v) is 5.21. The summed E-state index contributed by atoms with van der Waals surface area (Å²) in [6.07, 6.45) is -0.288. The molecule has 0 bridgehead atoms. The molecule has 5 nitrogen and oxygen atoms in total. The summed E-state index contributed by atoms with van der Waals surface area (Å²) in [5.41, 5.74) is 7.95. The number of aliphatic hydroxyl groups excluding tert-OH is 1. The van der Waals surface area contributed by atoms with Crippen LogP contribution < -0.4 is 19.9 Å². The van der Waals surface area contributed by atoms with E-state index in [0.717, 1.165) is 5.56 Å². The number of methoxy groups -OCH3 is 3. The zero-order chi connectivity index (χ0) is 16.8. The van der Waals surface area contributed by atoms with Crippen molar-refractivity contribution in [2.45, 2.75) is 18.6 Å². The number of hydrogen-bond acceptors (Lipinski definition) is 5. The van der Waals surface area contributed by atoms with Crippen molar-refractivity contribution >= 4 is 0 Å². The molecular weight excluding hydrogens is 294 g/mol. The Morgan fingerprint density at radius 3 is 2.13 bits per heavy atom. The van der Waals surface area contributed by atoms with E-state index in [1.807, 2.05) is 30.3 Å². The van der Waals surface area contributed by atoms with E-state index in [1.54, 1.807) is 19.2 Å². The molecule has 23 heavy (non-hydrogen) atoms. The molecule has 0 radical (unpaired) electrons. The van der Waals surface area contributed by atoms with Gasteiger partial charge in [-0.1, -0.05) is 30.3 Å². The quantitative estimate of drug-likeness (QED) is 0.820. The summed E-state index contributed by atoms with van der Waals surface area (Å²) in [4.78, 5) is 0. The molecule has 0 unspecified atom stereocenters. The van der Waals surface area contributed by atoms with Gasteiger partial charge in [-0.15, -0.1) is 0 Å². The van der Waals surface area contributed by atoms with Gasteiger partial charge in [0.2, 0.25) is 5.75 Å². The number of hydrogen-bond donors (Lipinski definition) is 2. The molecule has 0 aliphatic carbocycles. The van der Waals surface area contributed by atoms with E-state index in [2.05, 4.69) is 0 Å². The minimum atomic E-state index is -0.746. The first-order chi connectivity index (χ1) is 11.1. The third-order valence-corrected chi connectivity index (χ3v) is 3.80. The molecule has 0 saturated heterocycles. The van der Waals surface area contributed by atoms with Crippen molar-refractivity contribution in [1.29, 1.82) is 0 Å². The lowest BCUT2D eigenvalue weighted by Gasteiger charge is -2.23. The van der Waals surface area contributed by atoms with Crippen molar-refractivity contribution in [2.75, 3.05) is 21.3 Å². The zero-order valence-electron chi connectivity index (χ0n) is 13.7. The van der Waals surface area contributed by atoms with Gasteiger partial charge in [-0.25, -0.2) is 0 Å². The first kappa shape index (κ1) is 17.1. The number of nitrogens with two attached hydrogens (primary N) is 1. The molecule has 0 fully saturated rings. The average Bonchev–Trinajstić information content (AvgIpc) is 2.60. The van der Waals surface area contributed by atoms with E-state index in [1.165, 1.54) is 14.2 Å². The highest BCUT2D eigenvalue weighted by Gasteiger charge is 2.25. The van der Waals surface area contributed by atoms with Gasteiger partial charge in [0.1, 0.15) is 0 Å². The Kier molecular flexibility index (Phi) is 5.84. The maximum absolute atomic E-state index is 10.5. The summed E-state index contributed by atoms with van der Waals surface area (Å²) in [6, 6.07) is 12.7. The molecule has 2 aromatic rings. The largest absolute Gasteiger partial charge is 0.493 e. The van der Waals surface area contributed by atoms with Crippen LogP contribution in [0.4, 0.5) is 0 Å². The Labute approximate surface area is 136 Å². The monoisotopic (exact) mass is 317 g/mol. The topological polar surface area (TPSA) is 73.9 Å². The summed E-state index contributed by atoms with van der Waals surface area (Å²) >= 11 is 0. The normalized spacial score (nSPS) is 13.3. The standard InChI is InChI=1S/C18H23NO4/c1-21-15-10-9-13(17(22-2)18(15)23-3)16(19)14(20)11-12-7-5-4-6-8-12/h4-10,14,16,20H,11,19H2,1-3H3/t14-,16+/m1/s1. The summed E-state index contributed by atoms with van der Waals surface area (Å²) in [5, 5.41) is 10.5. The summed E-state index contributed by atoms with van der Waals surface area (Å²) in [5.74, 6) is 1.50. The van der Waals surface area contributed by atoms with Gasteiger partial charge in [-0.3, -0.25) is 0 Å². The Morgan fingerprint density at radius 2 is 1.57 bits per heavy atom. The van der Waals surface area contributed by atoms with Crippen LogP contribution in [0.5, 0.6) is 17.2 Å². The third-order valence-electron chi connectivity index (χ3n) is 3.80. The Hall–Kier alpha value is -2.24. The molecular formula is C18H23NO4. The van der Waals surface area contributed by atoms with Gasteiger partial charge in [-0.2, -0.15) is 0 Å². The lowest BCUT2D eigenvalue weighted by Crippen LogP contribution is -2.28. The molecule has 0 spiro atoms. The van der Waals surface area contributed by atoms with E-state index >= 15 is 0 Å². The Balaban J connectivity index is 2.29. The minimum absolute atomic E-state index is 0.458. The predicted octanol–water partition coefficient (Wildman–Crippen LogP) is 2.32. The molecule has 5 heteroatoms. The summed E-state index contributed by atoms with van der Waals surface area (Å²) in [6.45, 7) is 0. The van der Waals surface area contributed by atoms with Crippen LogP contribution >= 0.6 is 0 Å². The Bertz CT molecular complexity index is 630. The molecule has 2 atom stereocenters. The first-order valence-electron chi connectivity index (χ1n) is 7.38. The minimum Gasteiger partial charge on any atom is -0.493 e. The van der Waals surface area contributed by atoms with Gasteiger partial charge in [0.25, 0.3) is 0 Å². The van der Waals surface area contributed by atoms with Crippen LogP contribution in [0.25, 0.3) is 0 Å². The zero-order valence-corrected chi connectivity index (χ0v) is 13.7. The predicted molar refractivity (Wildman–Crippen MR) is 89.2 cm³/mol. The second-order valence-electron chi connectivity index (χ2n) is 5.21. The number of aliphatic hydroxyl groups is 1. The fourth-order valence-corrected chi connectivity index (χ4v) is 2.58. The van der Waals surface area contributed by atoms with Crippen molar-refractivity contribution in [3.8, 4) is 17.2 Å². The van der Waals surface area contributed by atoms with Crippen molar-refractivity contribution in [3.05, 3.63) is 53.6 Å². The van der Waals surface area contributed by atoms with Gasteiger partial charge in [0.15, 0.2) is 11.5 Å². The second kappa shape index (κ2) is 7.85. The highest BCUT2D eigenvalue weighted by molar-refractivity contribution is 5.56. The van der Waals surface area contributed by atoms with Gasteiger partial charge >= 0.3 is 0 Å². The first-order valence-corrected chi connectivity index (χ1v) is 7.38. The molecule has 124 valence electrons. The lowest BCUT2D eigenvalue weighted by molar-refractivity contribution is 0.143. The number of ether oxygens (including phenoxy) is 3. The van der Waals surface area contributed by atoms with Crippen LogP contribution in [0.2, 0.25) is 0 Å². The fraction of sp³-hybridized carbons (Fsp3) is 0.333. The molecule has 2 aromatic carbocycles. The number of benzene rings is 2. The summed E-state index contributed by atoms with van der Waals surface area (Å²) in [7, 11) is 4.63. The molecule has 0 aromatic heterocycles. The lowest BCUT2D eigenvalue weighted by atomic mass is 9.95. The highest BCUT2D eigenvalue weighted by Crippen LogP contribution is 2.42. The highest BCUT2D eigenvalue weighted by atomic mass is 16.5. The van der Waals surface area contributed by atoms with Gasteiger partial charge in [0, 0.05) is 12.0 Å². The van der Waals surface area contributed by atoms with Crippen molar-refractivity contribution in [1.82, 2.24) is 0 Å². The van der Waals surface area contributed by atoms with E-state index in [4.69, 9.17) is 19.9 Å². The van der Waals surface area contributed by atoms with Crippen LogP contribution in [0, 0.1) is 0 Å². The van der Waals surface area contributed by atoms with E-state index in [0.29, 0.717) is 29.2 Å². The SMILES string of the molecule is COc1ccc([C@H](N)[C@H](O)Cc2ccccc2)c(OC)c1OC. The molecule has 0 heterocycles. The molecule has 2 rings (SSSR count). The maximum atomic E-state index is 10.5. The molecule has 0 saturated carbocycles. The maximum Gasteiger partial charge on any atom is 0.203 e. The summed E-state index contributed by atoms with van der Waals surface area (Å²) < 4.78 is 16.1. The van der Waals surface area contributed by atoms with Crippen molar-refractivity contribution in [3.63, 3.8) is 0 Å². The smallest absolute Gasteiger partial charge is 0.203 e. The van der Waals surface area contributed by atoms with E-state index < -0.39 is 12.1 Å². The van der Waals surface area contributed by atoms with Crippen LogP contribution in [-0.2, 0) is 6.42 Å². The molecule has 0 aliphatic heterocycles. The van der Waals surface area contributed by atoms with Crippen LogP contribution in [0.1, 0.15) is 17.2 Å².